The van der Waals surface area contributed by atoms with E-state index in [1.54, 1.807) is 22.7 Å². The zero-order valence-electron chi connectivity index (χ0n) is 68.5. The van der Waals surface area contributed by atoms with Crippen LogP contribution in [0.3, 0.4) is 0 Å². The van der Waals surface area contributed by atoms with Gasteiger partial charge in [0.1, 0.15) is 10.0 Å². The van der Waals surface area contributed by atoms with Crippen LogP contribution >= 0.6 is 54.5 Å². The predicted molar refractivity (Wildman–Crippen MR) is 531 cm³/mol. The van der Waals surface area contributed by atoms with Gasteiger partial charge in [0.05, 0.1) is 53.7 Å². The Balaban J connectivity index is 0.000000138. The van der Waals surface area contributed by atoms with Gasteiger partial charge >= 0.3 is 7.12 Å². The van der Waals surface area contributed by atoms with Crippen LogP contribution in [0.2, 0.25) is 0 Å². The van der Waals surface area contributed by atoms with E-state index < -0.39 is 0 Å². The van der Waals surface area contributed by atoms with Crippen molar-refractivity contribution in [2.45, 2.75) is 38.9 Å². The Morgan fingerprint density at radius 1 is 0.274 bits per heavy atom. The Bertz CT molecular complexity index is 7040. The number of hydrogen-bond donors (Lipinski definition) is 0. The SMILES string of the molecule is Brc1ccc(Br)c2sc(-c3ccc4c(c3)c3ccccc3n4-c3ccccc3)nc12.CC1(C)OB(c2ccc(N(c3ccccc3)c3ccccc3)cc2)OC1(C)C.c1ccc(N(c2ccccc2)c2ccc(-c3ccc(-c4ccc(N(c5ccccc5)c5ccccc5)cc4)c4sc(-c5ccc6c(c5)c5ccccc5n6-c5ccccc5)nc34)cc2)cc1. The highest BCUT2D eigenvalue weighted by molar-refractivity contribution is 9.11. The van der Waals surface area contributed by atoms with Crippen LogP contribution in [0, 0.1) is 0 Å². The van der Waals surface area contributed by atoms with Crippen LogP contribution in [-0.4, -0.2) is 37.4 Å². The fourth-order valence-corrected chi connectivity index (χ4v) is 20.0. The molecule has 0 N–H and O–H groups in total. The zero-order valence-corrected chi connectivity index (χ0v) is 73.3. The van der Waals surface area contributed by atoms with E-state index in [1.165, 1.54) is 49.3 Å². The molecule has 598 valence electrons. The molecule has 1 aliphatic heterocycles. The van der Waals surface area contributed by atoms with Gasteiger partial charge in [-0.3, -0.25) is 0 Å². The number of nitrogens with zero attached hydrogens (tertiary/aromatic N) is 7. The number of halogens is 2. The molecule has 1 aliphatic rings. The van der Waals surface area contributed by atoms with E-state index in [0.717, 1.165) is 135 Å². The number of rotatable bonds is 16. The van der Waals surface area contributed by atoms with E-state index >= 15 is 0 Å². The summed E-state index contributed by atoms with van der Waals surface area (Å²) in [7, 11) is -0.346. The first kappa shape index (κ1) is 79.0. The standard InChI is InChI=1S/C61H42N4S.C25H14Br2N2S.C24H26BNO2/c1-6-18-46(19-7-1)63(47-20-8-2-9-21-47)51-35-30-43(31-36-51)53-39-40-54(44-32-37-52(38-33-44)64(48-22-10-3-11-23-48)49-24-12-4-13-25-49)60-59(53)62-61(66-60)45-34-41-58-56(42-45)55-28-16-17-29-57(55)65(58)50-26-14-5-15-27-50;26-19-11-12-20(27)24-23(19)28-25(30-24)15-10-13-22-18(14-15)17-8-4-5-9-21(17)29(22)16-6-2-1-3-7-16;1-23(2)24(3,4)28-25(27-23)19-15-17-22(18-16-19)26(20-11-7-5-8-12-20)21-13-9-6-10-14-21/h1-42H;1-14H;5-18H,1-4H3. The minimum atomic E-state index is -0.346. The second kappa shape index (κ2) is 34.1. The molecule has 0 amide bonds. The molecule has 22 rings (SSSR count). The van der Waals surface area contributed by atoms with E-state index in [0.29, 0.717) is 0 Å². The molecule has 14 heteroatoms. The van der Waals surface area contributed by atoms with E-state index in [-0.39, 0.29) is 18.3 Å². The molecule has 9 nitrogen and oxygen atoms in total. The van der Waals surface area contributed by atoms with Crippen LogP contribution in [0.15, 0.2) is 434 Å². The molecular formula is C110H82BBr2N7O2S2. The van der Waals surface area contributed by atoms with Crippen molar-refractivity contribution in [1.29, 1.82) is 0 Å². The number of fused-ring (bicyclic) bond motifs is 8. The molecule has 0 spiro atoms. The lowest BCUT2D eigenvalue weighted by atomic mass is 9.79. The van der Waals surface area contributed by atoms with Gasteiger partial charge in [0.15, 0.2) is 0 Å². The molecule has 124 heavy (non-hydrogen) atoms. The summed E-state index contributed by atoms with van der Waals surface area (Å²) in [5, 5.41) is 6.94. The third-order valence-corrected chi connectivity index (χ3v) is 27.3. The number of anilines is 9. The summed E-state index contributed by atoms with van der Waals surface area (Å²) in [6.45, 7) is 8.31. The molecular weight excluding hydrogens is 1690 g/mol. The van der Waals surface area contributed by atoms with Crippen LogP contribution in [-0.2, 0) is 9.31 Å². The Labute approximate surface area is 746 Å². The summed E-state index contributed by atoms with van der Waals surface area (Å²) in [5.74, 6) is 0. The average molecular weight is 1770 g/mol. The summed E-state index contributed by atoms with van der Waals surface area (Å²) in [4.78, 5) is 17.3. The molecule has 0 bridgehead atoms. The Kier molecular flexibility index (Phi) is 21.7. The first-order valence-corrected chi connectivity index (χ1v) is 44.8. The first-order valence-electron chi connectivity index (χ1n) is 41.6. The number of benzene rings is 17. The topological polar surface area (TPSA) is 63.8 Å². The van der Waals surface area contributed by atoms with E-state index in [4.69, 9.17) is 19.3 Å². The van der Waals surface area contributed by atoms with E-state index in [2.05, 4.69) is 490 Å². The van der Waals surface area contributed by atoms with Crippen molar-refractivity contribution in [3.05, 3.63) is 434 Å². The normalized spacial score (nSPS) is 12.8. The summed E-state index contributed by atoms with van der Waals surface area (Å²) in [6, 6.07) is 150. The fraction of sp³-hybridized carbons (Fsp3) is 0.0545. The smallest absolute Gasteiger partial charge is 0.399 e. The molecule has 5 heterocycles. The maximum absolute atomic E-state index is 6.18. The predicted octanol–water partition coefficient (Wildman–Crippen LogP) is 31.4. The fourth-order valence-electron chi connectivity index (χ4n) is 16.7. The average Bonchev–Trinajstić information content (AvgIpc) is 1.59. The molecule has 21 aromatic rings. The van der Waals surface area contributed by atoms with Crippen molar-refractivity contribution < 1.29 is 9.31 Å². The van der Waals surface area contributed by atoms with Gasteiger partial charge in [-0.05, 0) is 270 Å². The van der Waals surface area contributed by atoms with Crippen molar-refractivity contribution in [3.8, 4) is 54.8 Å². The molecule has 1 fully saturated rings. The summed E-state index contributed by atoms with van der Waals surface area (Å²) < 4.78 is 21.5. The van der Waals surface area contributed by atoms with Crippen LogP contribution in [0.1, 0.15) is 27.7 Å². The minimum absolute atomic E-state index is 0.337. The number of hydrogen-bond acceptors (Lipinski definition) is 9. The van der Waals surface area contributed by atoms with Gasteiger partial charge in [0.25, 0.3) is 0 Å². The van der Waals surface area contributed by atoms with Gasteiger partial charge in [-0.15, -0.1) is 22.7 Å². The number of para-hydroxylation sites is 10. The second-order valence-electron chi connectivity index (χ2n) is 31.7. The van der Waals surface area contributed by atoms with Crippen molar-refractivity contribution in [3.63, 3.8) is 0 Å². The van der Waals surface area contributed by atoms with Gasteiger partial charge in [-0.25, -0.2) is 9.97 Å². The van der Waals surface area contributed by atoms with Crippen LogP contribution < -0.4 is 20.2 Å². The quantitative estimate of drug-likeness (QED) is 0.0893. The summed E-state index contributed by atoms with van der Waals surface area (Å²) in [5.41, 5.74) is 26.2. The van der Waals surface area contributed by atoms with Crippen molar-refractivity contribution in [1.82, 2.24) is 19.1 Å². The number of aromatic nitrogens is 4. The Morgan fingerprint density at radius 3 is 0.960 bits per heavy atom. The lowest BCUT2D eigenvalue weighted by molar-refractivity contribution is 0.00578. The third kappa shape index (κ3) is 15.4. The Morgan fingerprint density at radius 2 is 0.573 bits per heavy atom. The highest BCUT2D eigenvalue weighted by Crippen LogP contribution is 2.48. The van der Waals surface area contributed by atoms with Crippen LogP contribution in [0.4, 0.5) is 51.2 Å². The summed E-state index contributed by atoms with van der Waals surface area (Å²) >= 11 is 10.8. The van der Waals surface area contributed by atoms with Gasteiger partial charge < -0.3 is 33.1 Å². The Hall–Kier alpha value is -13.5. The molecule has 0 atom stereocenters. The highest BCUT2D eigenvalue weighted by atomic mass is 79.9. The first-order chi connectivity index (χ1) is 60.8. The second-order valence-corrected chi connectivity index (χ2v) is 35.4. The van der Waals surface area contributed by atoms with Crippen LogP contribution in [0.25, 0.3) is 119 Å². The van der Waals surface area contributed by atoms with E-state index in [9.17, 15) is 0 Å². The largest absolute Gasteiger partial charge is 0.494 e. The van der Waals surface area contributed by atoms with Gasteiger partial charge in [-0.2, -0.15) is 0 Å². The van der Waals surface area contributed by atoms with Crippen LogP contribution in [0.5, 0.6) is 0 Å². The lowest BCUT2D eigenvalue weighted by Crippen LogP contribution is -2.41. The van der Waals surface area contributed by atoms with Gasteiger partial charge in [-0.1, -0.05) is 231 Å². The molecule has 0 unspecified atom stereocenters. The molecule has 17 aromatic carbocycles. The highest BCUT2D eigenvalue weighted by Gasteiger charge is 2.51. The maximum atomic E-state index is 6.18. The molecule has 0 aliphatic carbocycles. The van der Waals surface area contributed by atoms with Gasteiger partial charge in [0, 0.05) is 115 Å². The number of thiazole rings is 2. The van der Waals surface area contributed by atoms with Gasteiger partial charge in [0.2, 0.25) is 0 Å². The zero-order chi connectivity index (χ0) is 83.8. The van der Waals surface area contributed by atoms with Crippen molar-refractivity contribution in [2.75, 3.05) is 14.7 Å². The monoisotopic (exact) mass is 1770 g/mol. The molecule has 1 saturated heterocycles. The van der Waals surface area contributed by atoms with E-state index in [1.807, 2.05) is 18.2 Å². The molecule has 0 saturated carbocycles. The summed E-state index contributed by atoms with van der Waals surface area (Å²) in [6.07, 6.45) is 0. The third-order valence-electron chi connectivity index (χ3n) is 23.5. The molecule has 4 aromatic heterocycles. The van der Waals surface area contributed by atoms with Crippen molar-refractivity contribution in [2.24, 2.45) is 0 Å². The van der Waals surface area contributed by atoms with Crippen molar-refractivity contribution >= 4 is 182 Å². The maximum Gasteiger partial charge on any atom is 0.494 e. The lowest BCUT2D eigenvalue weighted by Gasteiger charge is -2.32. The minimum Gasteiger partial charge on any atom is -0.399 e. The molecule has 0 radical (unpaired) electrons.